The first-order chi connectivity index (χ1) is 16.1. The zero-order valence-electron chi connectivity index (χ0n) is 19.5. The number of rotatable bonds is 8. The Morgan fingerprint density at radius 3 is 2.24 bits per heavy atom. The lowest BCUT2D eigenvalue weighted by atomic mass is 9.93. The van der Waals surface area contributed by atoms with Gasteiger partial charge in [0.05, 0.1) is 14.2 Å². The summed E-state index contributed by atoms with van der Waals surface area (Å²) in [6.45, 7) is 5.32. The van der Waals surface area contributed by atoms with Crippen molar-refractivity contribution in [3.05, 3.63) is 77.9 Å². The van der Waals surface area contributed by atoms with E-state index in [-0.39, 0.29) is 11.9 Å². The van der Waals surface area contributed by atoms with Crippen LogP contribution < -0.4 is 14.2 Å². The first-order valence-corrected chi connectivity index (χ1v) is 11.5. The summed E-state index contributed by atoms with van der Waals surface area (Å²) in [6, 6.07) is 20.7. The average molecular weight is 446 g/mol. The first-order valence-electron chi connectivity index (χ1n) is 11.5. The lowest BCUT2D eigenvalue weighted by Crippen LogP contribution is -2.40. The molecule has 172 valence electrons. The van der Waals surface area contributed by atoms with E-state index in [1.165, 1.54) is 0 Å². The topological polar surface area (TPSA) is 48.0 Å². The second-order valence-corrected chi connectivity index (χ2v) is 8.27. The van der Waals surface area contributed by atoms with Crippen molar-refractivity contribution in [2.24, 2.45) is 0 Å². The predicted molar refractivity (Wildman–Crippen MR) is 131 cm³/mol. The van der Waals surface area contributed by atoms with Crippen LogP contribution in [0.2, 0.25) is 0 Å². The third-order valence-electron chi connectivity index (χ3n) is 6.20. The minimum atomic E-state index is -0.0372. The van der Waals surface area contributed by atoms with Crippen molar-refractivity contribution in [2.75, 3.05) is 33.9 Å². The molecule has 0 N–H and O–H groups in total. The van der Waals surface area contributed by atoms with E-state index >= 15 is 0 Å². The van der Waals surface area contributed by atoms with Gasteiger partial charge in [-0.3, -0.25) is 9.69 Å². The third kappa shape index (κ3) is 5.37. The zero-order chi connectivity index (χ0) is 23.2. The fraction of sp³-hybridized carbons (Fsp3) is 0.321. The van der Waals surface area contributed by atoms with Gasteiger partial charge in [0.25, 0.3) is 0 Å². The monoisotopic (exact) mass is 445 g/mol. The van der Waals surface area contributed by atoms with Gasteiger partial charge in [0.1, 0.15) is 23.4 Å². The second-order valence-electron chi connectivity index (χ2n) is 8.27. The molecule has 4 rings (SSSR count). The number of hydrogen-bond acceptors (Lipinski definition) is 5. The maximum atomic E-state index is 13.4. The molecule has 0 amide bonds. The van der Waals surface area contributed by atoms with Crippen molar-refractivity contribution in [3.63, 3.8) is 0 Å². The molecule has 1 unspecified atom stereocenters. The van der Waals surface area contributed by atoms with Crippen molar-refractivity contribution in [1.29, 1.82) is 0 Å². The van der Waals surface area contributed by atoms with Gasteiger partial charge in [0, 0.05) is 17.7 Å². The number of benzene rings is 3. The SMILES string of the molecule is CCN1CCCC(Oc2ccc(C(=O)c3ccc(OC)cc3-c3ccc(OC)cc3)cc2)C1. The molecular weight excluding hydrogens is 414 g/mol. The standard InChI is InChI=1S/C28H31NO4/c1-4-29-17-5-6-25(19-29)33-23-13-9-21(10-14-23)28(30)26-16-15-24(32-3)18-27(26)20-7-11-22(31-2)12-8-20/h7-16,18,25H,4-6,17,19H2,1-3H3. The van der Waals surface area contributed by atoms with Crippen molar-refractivity contribution in [2.45, 2.75) is 25.9 Å². The summed E-state index contributed by atoms with van der Waals surface area (Å²) in [5, 5.41) is 0. The van der Waals surface area contributed by atoms with Gasteiger partial charge < -0.3 is 14.2 Å². The average Bonchev–Trinajstić information content (AvgIpc) is 2.88. The van der Waals surface area contributed by atoms with Gasteiger partial charge in [-0.05, 0) is 91.7 Å². The first kappa shape index (κ1) is 22.9. The largest absolute Gasteiger partial charge is 0.497 e. The van der Waals surface area contributed by atoms with Crippen molar-refractivity contribution in [1.82, 2.24) is 4.90 Å². The van der Waals surface area contributed by atoms with Gasteiger partial charge in [-0.1, -0.05) is 19.1 Å². The van der Waals surface area contributed by atoms with E-state index in [1.807, 2.05) is 66.7 Å². The molecular formula is C28H31NO4. The molecule has 0 saturated carbocycles. The molecule has 0 bridgehead atoms. The maximum absolute atomic E-state index is 13.4. The highest BCUT2D eigenvalue weighted by atomic mass is 16.5. The summed E-state index contributed by atoms with van der Waals surface area (Å²) in [5.74, 6) is 2.24. The molecule has 33 heavy (non-hydrogen) atoms. The second kappa shape index (κ2) is 10.5. The van der Waals surface area contributed by atoms with Crippen molar-refractivity contribution < 1.29 is 19.0 Å². The van der Waals surface area contributed by atoms with Gasteiger partial charge in [0.15, 0.2) is 5.78 Å². The van der Waals surface area contributed by atoms with E-state index in [0.29, 0.717) is 16.9 Å². The number of nitrogens with zero attached hydrogens (tertiary/aromatic N) is 1. The maximum Gasteiger partial charge on any atom is 0.193 e. The zero-order valence-corrected chi connectivity index (χ0v) is 19.5. The van der Waals surface area contributed by atoms with Crippen LogP contribution in [0.3, 0.4) is 0 Å². The van der Waals surface area contributed by atoms with E-state index in [9.17, 15) is 4.79 Å². The quantitative estimate of drug-likeness (QED) is 0.431. The molecule has 1 saturated heterocycles. The molecule has 0 spiro atoms. The Labute approximate surface area is 195 Å². The highest BCUT2D eigenvalue weighted by Crippen LogP contribution is 2.31. The third-order valence-corrected chi connectivity index (χ3v) is 6.20. The normalized spacial score (nSPS) is 16.3. The summed E-state index contributed by atoms with van der Waals surface area (Å²) in [7, 11) is 3.26. The van der Waals surface area contributed by atoms with Crippen LogP contribution in [0.15, 0.2) is 66.7 Å². The minimum absolute atomic E-state index is 0.0372. The Hall–Kier alpha value is -3.31. The number of likely N-dealkylation sites (N-methyl/N-ethyl adjacent to an activating group) is 1. The number of piperidine rings is 1. The molecule has 1 aliphatic heterocycles. The van der Waals surface area contributed by atoms with Gasteiger partial charge >= 0.3 is 0 Å². The van der Waals surface area contributed by atoms with Crippen LogP contribution >= 0.6 is 0 Å². The Balaban J connectivity index is 1.56. The number of hydrogen-bond donors (Lipinski definition) is 0. The Kier molecular flexibility index (Phi) is 7.30. The number of ketones is 1. The molecule has 1 heterocycles. The molecule has 1 fully saturated rings. The molecule has 5 nitrogen and oxygen atoms in total. The summed E-state index contributed by atoms with van der Waals surface area (Å²) in [4.78, 5) is 15.8. The molecule has 0 radical (unpaired) electrons. The van der Waals surface area contributed by atoms with Crippen LogP contribution in [-0.4, -0.2) is 50.6 Å². The molecule has 0 aliphatic carbocycles. The number of carbonyl (C=O) groups is 1. The fourth-order valence-corrected chi connectivity index (χ4v) is 4.29. The van der Waals surface area contributed by atoms with Crippen molar-refractivity contribution in [3.8, 4) is 28.4 Å². The highest BCUT2D eigenvalue weighted by Gasteiger charge is 2.21. The molecule has 3 aromatic carbocycles. The molecule has 3 aromatic rings. The van der Waals surface area contributed by atoms with Crippen LogP contribution in [0.1, 0.15) is 35.7 Å². The van der Waals surface area contributed by atoms with Crippen LogP contribution in [0.4, 0.5) is 0 Å². The van der Waals surface area contributed by atoms with Crippen LogP contribution in [0.25, 0.3) is 11.1 Å². The number of methoxy groups -OCH3 is 2. The summed E-state index contributed by atoms with van der Waals surface area (Å²) >= 11 is 0. The number of likely N-dealkylation sites (tertiary alicyclic amines) is 1. The van der Waals surface area contributed by atoms with Gasteiger partial charge in [-0.2, -0.15) is 0 Å². The van der Waals surface area contributed by atoms with E-state index in [4.69, 9.17) is 14.2 Å². The summed E-state index contributed by atoms with van der Waals surface area (Å²) < 4.78 is 16.9. The van der Waals surface area contributed by atoms with Gasteiger partial charge in [-0.15, -0.1) is 0 Å². The minimum Gasteiger partial charge on any atom is -0.497 e. The predicted octanol–water partition coefficient (Wildman–Crippen LogP) is 5.46. The lowest BCUT2D eigenvalue weighted by molar-refractivity contribution is 0.0919. The fourth-order valence-electron chi connectivity index (χ4n) is 4.29. The number of carbonyl (C=O) groups excluding carboxylic acids is 1. The Morgan fingerprint density at radius 2 is 1.58 bits per heavy atom. The molecule has 5 heteroatoms. The van der Waals surface area contributed by atoms with Crippen LogP contribution in [-0.2, 0) is 0 Å². The Morgan fingerprint density at radius 1 is 0.909 bits per heavy atom. The van der Waals surface area contributed by atoms with Gasteiger partial charge in [0.2, 0.25) is 0 Å². The molecule has 0 aromatic heterocycles. The highest BCUT2D eigenvalue weighted by molar-refractivity contribution is 6.13. The molecule has 1 aliphatic rings. The Bertz CT molecular complexity index is 1080. The smallest absolute Gasteiger partial charge is 0.193 e. The van der Waals surface area contributed by atoms with Crippen LogP contribution in [0, 0.1) is 0 Å². The van der Waals surface area contributed by atoms with E-state index in [0.717, 1.165) is 55.1 Å². The van der Waals surface area contributed by atoms with E-state index in [1.54, 1.807) is 14.2 Å². The van der Waals surface area contributed by atoms with E-state index in [2.05, 4.69) is 11.8 Å². The number of ether oxygens (including phenoxy) is 3. The van der Waals surface area contributed by atoms with Gasteiger partial charge in [-0.25, -0.2) is 0 Å². The summed E-state index contributed by atoms with van der Waals surface area (Å²) in [6.07, 6.45) is 2.41. The summed E-state index contributed by atoms with van der Waals surface area (Å²) in [5.41, 5.74) is 3.00. The van der Waals surface area contributed by atoms with Crippen LogP contribution in [0.5, 0.6) is 17.2 Å². The van der Waals surface area contributed by atoms with E-state index < -0.39 is 0 Å². The molecule has 1 atom stereocenters. The van der Waals surface area contributed by atoms with Crippen molar-refractivity contribution >= 4 is 5.78 Å². The lowest BCUT2D eigenvalue weighted by Gasteiger charge is -2.32.